The third kappa shape index (κ3) is 3.31. The minimum absolute atomic E-state index is 0.559. The molecule has 6 heteroatoms. The average Bonchev–Trinajstić information content (AvgIpc) is 2.72. The Morgan fingerprint density at radius 1 is 1.53 bits per heavy atom. The Morgan fingerprint density at radius 3 is 3.00 bits per heavy atom. The van der Waals surface area contributed by atoms with E-state index in [1.807, 2.05) is 24.3 Å². The molecule has 0 aliphatic heterocycles. The van der Waals surface area contributed by atoms with E-state index in [0.29, 0.717) is 11.6 Å². The number of aliphatic hydroxyl groups is 1. The van der Waals surface area contributed by atoms with Crippen LogP contribution in [0, 0.1) is 0 Å². The lowest BCUT2D eigenvalue weighted by Gasteiger charge is -2.09. The molecule has 0 spiro atoms. The van der Waals surface area contributed by atoms with Gasteiger partial charge >= 0.3 is 0 Å². The van der Waals surface area contributed by atoms with Crippen molar-refractivity contribution in [1.82, 2.24) is 14.8 Å². The molecule has 1 N–H and O–H groups in total. The summed E-state index contributed by atoms with van der Waals surface area (Å²) in [6.07, 6.45) is 0.842. The molecular weight excluding hydrogens is 302 g/mol. The Bertz CT molecular complexity index is 503. The summed E-state index contributed by atoms with van der Waals surface area (Å²) < 4.78 is 2.63. The van der Waals surface area contributed by atoms with E-state index >= 15 is 0 Å². The lowest BCUT2D eigenvalue weighted by molar-refractivity contribution is 0.188. The van der Waals surface area contributed by atoms with Gasteiger partial charge in [-0.1, -0.05) is 22.0 Å². The first-order chi connectivity index (χ1) is 8.16. The number of aromatic nitrogens is 3. The molecule has 1 heterocycles. The van der Waals surface area contributed by atoms with Crippen molar-refractivity contribution in [3.63, 3.8) is 0 Å². The summed E-state index contributed by atoms with van der Waals surface area (Å²) in [6, 6.07) is 7.98. The van der Waals surface area contributed by atoms with Crippen molar-refractivity contribution in [3.8, 4) is 0 Å². The van der Waals surface area contributed by atoms with E-state index in [0.717, 1.165) is 9.37 Å². The second kappa shape index (κ2) is 5.66. The van der Waals surface area contributed by atoms with Crippen LogP contribution < -0.4 is 0 Å². The van der Waals surface area contributed by atoms with Crippen LogP contribution in [0.25, 0.3) is 0 Å². The van der Waals surface area contributed by atoms with Gasteiger partial charge in [-0.15, -0.1) is 11.8 Å². The van der Waals surface area contributed by atoms with Gasteiger partial charge in [0, 0.05) is 22.2 Å². The first kappa shape index (κ1) is 12.6. The highest BCUT2D eigenvalue weighted by Gasteiger charge is 2.13. The second-order valence-electron chi connectivity index (χ2n) is 3.53. The van der Waals surface area contributed by atoms with Crippen LogP contribution in [-0.2, 0) is 7.05 Å². The van der Waals surface area contributed by atoms with Gasteiger partial charge in [0.1, 0.15) is 12.4 Å². The number of thioether (sulfide) groups is 1. The summed E-state index contributed by atoms with van der Waals surface area (Å²) in [4.78, 5) is 5.14. The molecule has 0 bridgehead atoms. The fraction of sp³-hybridized carbons (Fsp3) is 0.273. The van der Waals surface area contributed by atoms with E-state index in [1.165, 1.54) is 6.33 Å². The molecule has 90 valence electrons. The summed E-state index contributed by atoms with van der Waals surface area (Å²) in [6.45, 7) is 0. The van der Waals surface area contributed by atoms with E-state index in [4.69, 9.17) is 0 Å². The number of aliphatic hydroxyl groups excluding tert-OH is 1. The van der Waals surface area contributed by atoms with Crippen LogP contribution in [0.15, 0.2) is 40.0 Å². The fourth-order valence-corrected chi connectivity index (χ4v) is 2.85. The van der Waals surface area contributed by atoms with E-state index < -0.39 is 6.10 Å². The average molecular weight is 314 g/mol. The third-order valence-electron chi connectivity index (χ3n) is 2.25. The van der Waals surface area contributed by atoms with Gasteiger partial charge in [0.05, 0.1) is 0 Å². The quantitative estimate of drug-likeness (QED) is 0.881. The Hall–Kier alpha value is -0.850. The number of halogens is 1. The molecule has 1 aromatic carbocycles. The van der Waals surface area contributed by atoms with E-state index in [-0.39, 0.29) is 0 Å². The summed E-state index contributed by atoms with van der Waals surface area (Å²) in [7, 11) is 1.77. The van der Waals surface area contributed by atoms with Gasteiger partial charge < -0.3 is 5.11 Å². The molecule has 0 radical (unpaired) electrons. The molecule has 0 saturated heterocycles. The molecule has 0 fully saturated rings. The highest BCUT2D eigenvalue weighted by molar-refractivity contribution is 9.10. The fourth-order valence-electron chi connectivity index (χ4n) is 1.41. The largest absolute Gasteiger partial charge is 0.384 e. The molecule has 2 aromatic rings. The summed E-state index contributed by atoms with van der Waals surface area (Å²) in [5.41, 5.74) is 0. The van der Waals surface area contributed by atoms with Gasteiger partial charge in [0.2, 0.25) is 0 Å². The van der Waals surface area contributed by atoms with Crippen LogP contribution >= 0.6 is 27.7 Å². The van der Waals surface area contributed by atoms with Gasteiger partial charge in [-0.3, -0.25) is 4.68 Å². The van der Waals surface area contributed by atoms with Crippen molar-refractivity contribution >= 4 is 27.7 Å². The minimum atomic E-state index is -0.605. The Balaban J connectivity index is 1.97. The predicted octanol–water partition coefficient (Wildman–Crippen LogP) is 2.40. The normalized spacial score (nSPS) is 12.6. The molecule has 4 nitrogen and oxygen atoms in total. The molecule has 1 unspecified atom stereocenters. The maximum absolute atomic E-state index is 9.96. The smallest absolute Gasteiger partial charge is 0.156 e. The van der Waals surface area contributed by atoms with Crippen molar-refractivity contribution in [2.24, 2.45) is 7.05 Å². The molecule has 0 aliphatic rings. The molecule has 17 heavy (non-hydrogen) atoms. The molecular formula is C11H12BrN3OS. The van der Waals surface area contributed by atoms with Crippen LogP contribution in [0.1, 0.15) is 11.9 Å². The lowest BCUT2D eigenvalue weighted by atomic mass is 10.4. The maximum Gasteiger partial charge on any atom is 0.156 e. The van der Waals surface area contributed by atoms with Crippen LogP contribution in [0.5, 0.6) is 0 Å². The number of hydrogen-bond donors (Lipinski definition) is 1. The predicted molar refractivity (Wildman–Crippen MR) is 70.8 cm³/mol. The molecule has 2 rings (SSSR count). The third-order valence-corrected chi connectivity index (χ3v) is 3.81. The molecule has 0 saturated carbocycles. The molecule has 0 aliphatic carbocycles. The van der Waals surface area contributed by atoms with Gasteiger partial charge in [-0.2, -0.15) is 5.10 Å². The van der Waals surface area contributed by atoms with Gasteiger partial charge in [0.25, 0.3) is 0 Å². The molecule has 1 aromatic heterocycles. The number of nitrogens with zero attached hydrogens (tertiary/aromatic N) is 3. The van der Waals surface area contributed by atoms with E-state index in [1.54, 1.807) is 23.5 Å². The monoisotopic (exact) mass is 313 g/mol. The van der Waals surface area contributed by atoms with E-state index in [2.05, 4.69) is 26.0 Å². The molecule has 0 amide bonds. The topological polar surface area (TPSA) is 50.9 Å². The zero-order chi connectivity index (χ0) is 12.3. The van der Waals surface area contributed by atoms with Crippen LogP contribution in [0.4, 0.5) is 0 Å². The second-order valence-corrected chi connectivity index (χ2v) is 5.54. The van der Waals surface area contributed by atoms with Crippen LogP contribution in [0.3, 0.4) is 0 Å². The Labute approximate surface area is 112 Å². The summed E-state index contributed by atoms with van der Waals surface area (Å²) in [5, 5.41) is 13.9. The standard InChI is InChI=1S/C11H12BrN3OS/c1-15-11(13-7-14-15)10(16)6-17-9-4-2-3-8(12)5-9/h2-5,7,10,16H,6H2,1H3. The van der Waals surface area contributed by atoms with Crippen molar-refractivity contribution in [2.45, 2.75) is 11.0 Å². The highest BCUT2D eigenvalue weighted by Crippen LogP contribution is 2.25. The maximum atomic E-state index is 9.96. The Morgan fingerprint density at radius 2 is 2.35 bits per heavy atom. The summed E-state index contributed by atoms with van der Waals surface area (Å²) in [5.74, 6) is 1.15. The van der Waals surface area contributed by atoms with Gasteiger partial charge in [-0.05, 0) is 18.2 Å². The lowest BCUT2D eigenvalue weighted by Crippen LogP contribution is -2.08. The number of benzene rings is 1. The zero-order valence-electron chi connectivity index (χ0n) is 9.25. The Kier molecular flexibility index (Phi) is 4.20. The van der Waals surface area contributed by atoms with Crippen molar-refractivity contribution in [1.29, 1.82) is 0 Å². The number of aryl methyl sites for hydroxylation is 1. The SMILES string of the molecule is Cn1ncnc1C(O)CSc1cccc(Br)c1. The highest BCUT2D eigenvalue weighted by atomic mass is 79.9. The van der Waals surface area contributed by atoms with Crippen molar-refractivity contribution in [3.05, 3.63) is 40.9 Å². The number of hydrogen-bond acceptors (Lipinski definition) is 4. The van der Waals surface area contributed by atoms with Crippen molar-refractivity contribution in [2.75, 3.05) is 5.75 Å². The summed E-state index contributed by atoms with van der Waals surface area (Å²) >= 11 is 5.01. The van der Waals surface area contributed by atoms with Crippen LogP contribution in [0.2, 0.25) is 0 Å². The van der Waals surface area contributed by atoms with Gasteiger partial charge in [0.15, 0.2) is 5.82 Å². The van der Waals surface area contributed by atoms with Crippen molar-refractivity contribution < 1.29 is 5.11 Å². The minimum Gasteiger partial charge on any atom is -0.384 e. The zero-order valence-corrected chi connectivity index (χ0v) is 11.6. The molecule has 1 atom stereocenters. The number of rotatable bonds is 4. The first-order valence-electron chi connectivity index (χ1n) is 5.07. The first-order valence-corrected chi connectivity index (χ1v) is 6.85. The van der Waals surface area contributed by atoms with Crippen LogP contribution in [-0.4, -0.2) is 25.6 Å². The van der Waals surface area contributed by atoms with Gasteiger partial charge in [-0.25, -0.2) is 4.98 Å². The van der Waals surface area contributed by atoms with E-state index in [9.17, 15) is 5.11 Å².